The number of ether oxygens (including phenoxy) is 1. The molecule has 1 amide bonds. The van der Waals surface area contributed by atoms with Gasteiger partial charge in [-0.3, -0.25) is 9.48 Å². The van der Waals surface area contributed by atoms with Crippen molar-refractivity contribution in [3.05, 3.63) is 12.3 Å². The van der Waals surface area contributed by atoms with Gasteiger partial charge in [0, 0.05) is 32.5 Å². The topological polar surface area (TPSA) is 68.2 Å². The summed E-state index contributed by atoms with van der Waals surface area (Å²) in [6.07, 6.45) is 4.74. The van der Waals surface area contributed by atoms with Gasteiger partial charge in [-0.05, 0) is 25.8 Å². The fourth-order valence-electron chi connectivity index (χ4n) is 2.05. The van der Waals surface area contributed by atoms with E-state index in [1.54, 1.807) is 7.11 Å². The highest BCUT2D eigenvalue weighted by atomic mass is 35.5. The van der Waals surface area contributed by atoms with E-state index in [1.165, 1.54) is 0 Å². The Balaban J connectivity index is 0.00000180. The summed E-state index contributed by atoms with van der Waals surface area (Å²) in [5.41, 5.74) is 0. The molecule has 108 valence electrons. The molecule has 0 bridgehead atoms. The molecule has 19 heavy (non-hydrogen) atoms. The number of nitrogens with one attached hydrogen (secondary N) is 2. The van der Waals surface area contributed by atoms with E-state index in [1.807, 2.05) is 16.9 Å². The van der Waals surface area contributed by atoms with E-state index < -0.39 is 0 Å². The predicted molar refractivity (Wildman–Crippen MR) is 75.6 cm³/mol. The van der Waals surface area contributed by atoms with Gasteiger partial charge >= 0.3 is 0 Å². The molecule has 2 rings (SSSR count). The van der Waals surface area contributed by atoms with E-state index >= 15 is 0 Å². The first-order valence-electron chi connectivity index (χ1n) is 6.36. The van der Waals surface area contributed by atoms with Crippen molar-refractivity contribution in [2.24, 2.45) is 0 Å². The maximum Gasteiger partial charge on any atom is 0.242 e. The van der Waals surface area contributed by atoms with Crippen molar-refractivity contribution in [1.29, 1.82) is 0 Å². The number of methoxy groups -OCH3 is 1. The molecule has 7 heteroatoms. The Kier molecular flexibility index (Phi) is 6.83. The summed E-state index contributed by atoms with van der Waals surface area (Å²) in [7, 11) is 1.68. The third-order valence-corrected chi connectivity index (χ3v) is 3.00. The standard InChI is InChI=1S/C12H20N4O2.ClH/c1-18-9-3-7-16-8-5-11(15-16)14-12(17)10-4-2-6-13-10;/h5,8,10,13H,2-4,6-7,9H2,1H3,(H,14,15,17);1H. The number of aromatic nitrogens is 2. The SMILES string of the molecule is COCCCn1ccc(NC(=O)C2CCCN2)n1.Cl. The largest absolute Gasteiger partial charge is 0.385 e. The Morgan fingerprint density at radius 3 is 3.21 bits per heavy atom. The summed E-state index contributed by atoms with van der Waals surface area (Å²) in [6.45, 7) is 2.43. The van der Waals surface area contributed by atoms with Gasteiger partial charge in [-0.25, -0.2) is 0 Å². The van der Waals surface area contributed by atoms with Crippen LogP contribution in [0, 0.1) is 0 Å². The molecule has 0 aliphatic carbocycles. The number of halogens is 1. The predicted octanol–water partition coefficient (Wildman–Crippen LogP) is 1.03. The Morgan fingerprint density at radius 2 is 2.53 bits per heavy atom. The number of rotatable bonds is 6. The van der Waals surface area contributed by atoms with Crippen LogP contribution in [0.5, 0.6) is 0 Å². The van der Waals surface area contributed by atoms with Gasteiger partial charge in [-0.2, -0.15) is 5.10 Å². The molecule has 1 aliphatic heterocycles. The number of carbonyl (C=O) groups excluding carboxylic acids is 1. The van der Waals surface area contributed by atoms with Gasteiger partial charge in [0.25, 0.3) is 0 Å². The van der Waals surface area contributed by atoms with Crippen LogP contribution in [-0.2, 0) is 16.1 Å². The quantitative estimate of drug-likeness (QED) is 0.767. The molecular weight excluding hydrogens is 268 g/mol. The highest BCUT2D eigenvalue weighted by molar-refractivity contribution is 5.94. The van der Waals surface area contributed by atoms with Gasteiger partial charge in [0.05, 0.1) is 6.04 Å². The van der Waals surface area contributed by atoms with E-state index in [0.717, 1.165) is 32.4 Å². The smallest absolute Gasteiger partial charge is 0.242 e. The van der Waals surface area contributed by atoms with Crippen molar-refractivity contribution in [3.63, 3.8) is 0 Å². The van der Waals surface area contributed by atoms with Crippen molar-refractivity contribution in [2.75, 3.05) is 25.6 Å². The van der Waals surface area contributed by atoms with E-state index in [2.05, 4.69) is 15.7 Å². The first kappa shape index (κ1) is 15.9. The molecule has 6 nitrogen and oxygen atoms in total. The summed E-state index contributed by atoms with van der Waals surface area (Å²) in [4.78, 5) is 11.8. The maximum absolute atomic E-state index is 11.8. The lowest BCUT2D eigenvalue weighted by molar-refractivity contribution is -0.117. The average molecular weight is 289 g/mol. The summed E-state index contributed by atoms with van der Waals surface area (Å²) in [6, 6.07) is 1.75. The number of hydrogen-bond acceptors (Lipinski definition) is 4. The number of nitrogens with zero attached hydrogens (tertiary/aromatic N) is 2. The molecule has 2 N–H and O–H groups in total. The first-order valence-corrected chi connectivity index (χ1v) is 6.36. The molecule has 1 atom stereocenters. The molecule has 1 fully saturated rings. The highest BCUT2D eigenvalue weighted by Crippen LogP contribution is 2.09. The summed E-state index contributed by atoms with van der Waals surface area (Å²) in [5.74, 6) is 0.626. The molecule has 0 aromatic carbocycles. The minimum atomic E-state index is -0.0661. The molecule has 1 aliphatic rings. The number of amides is 1. The monoisotopic (exact) mass is 288 g/mol. The number of carbonyl (C=O) groups is 1. The second kappa shape index (κ2) is 8.14. The molecule has 1 unspecified atom stereocenters. The van der Waals surface area contributed by atoms with Crippen molar-refractivity contribution in [2.45, 2.75) is 31.8 Å². The van der Waals surface area contributed by atoms with Crippen LogP contribution in [0.25, 0.3) is 0 Å². The molecule has 2 heterocycles. The zero-order chi connectivity index (χ0) is 12.8. The number of anilines is 1. The first-order chi connectivity index (χ1) is 8.79. The zero-order valence-electron chi connectivity index (χ0n) is 11.1. The Bertz CT molecular complexity index is 391. The van der Waals surface area contributed by atoms with Gasteiger partial charge in [-0.1, -0.05) is 0 Å². The molecule has 1 aromatic heterocycles. The van der Waals surface area contributed by atoms with Crippen LogP contribution in [0.4, 0.5) is 5.82 Å². The molecule has 0 spiro atoms. The second-order valence-corrected chi connectivity index (χ2v) is 4.45. The normalized spacial score (nSPS) is 18.1. The Labute approximate surface area is 119 Å². The van der Waals surface area contributed by atoms with Crippen LogP contribution in [-0.4, -0.2) is 42.0 Å². The molecule has 1 aromatic rings. The third kappa shape index (κ3) is 4.81. The van der Waals surface area contributed by atoms with Crippen molar-refractivity contribution in [1.82, 2.24) is 15.1 Å². The van der Waals surface area contributed by atoms with Crippen LogP contribution < -0.4 is 10.6 Å². The Hall–Kier alpha value is -1.11. The minimum Gasteiger partial charge on any atom is -0.385 e. The third-order valence-electron chi connectivity index (χ3n) is 3.00. The fourth-order valence-corrected chi connectivity index (χ4v) is 2.05. The molecule has 1 saturated heterocycles. The van der Waals surface area contributed by atoms with Gasteiger partial charge in [-0.15, -0.1) is 12.4 Å². The molecule has 0 saturated carbocycles. The van der Waals surface area contributed by atoms with Crippen LogP contribution in [0.15, 0.2) is 12.3 Å². The van der Waals surface area contributed by atoms with Crippen LogP contribution >= 0.6 is 12.4 Å². The average Bonchev–Trinajstić information content (AvgIpc) is 3.00. The van der Waals surface area contributed by atoms with Gasteiger partial charge in [0.1, 0.15) is 0 Å². The van der Waals surface area contributed by atoms with E-state index in [9.17, 15) is 4.79 Å². The summed E-state index contributed by atoms with van der Waals surface area (Å²) in [5, 5.41) is 10.3. The molecule has 0 radical (unpaired) electrons. The lowest BCUT2D eigenvalue weighted by Crippen LogP contribution is -2.35. The summed E-state index contributed by atoms with van der Waals surface area (Å²) < 4.78 is 6.80. The lowest BCUT2D eigenvalue weighted by atomic mass is 10.2. The van der Waals surface area contributed by atoms with Crippen molar-refractivity contribution in [3.8, 4) is 0 Å². The highest BCUT2D eigenvalue weighted by Gasteiger charge is 2.22. The van der Waals surface area contributed by atoms with E-state index in [-0.39, 0.29) is 24.4 Å². The van der Waals surface area contributed by atoms with Crippen molar-refractivity contribution >= 4 is 24.1 Å². The van der Waals surface area contributed by atoms with Crippen LogP contribution in [0.2, 0.25) is 0 Å². The van der Waals surface area contributed by atoms with E-state index in [4.69, 9.17) is 4.74 Å². The van der Waals surface area contributed by atoms with E-state index in [0.29, 0.717) is 12.4 Å². The van der Waals surface area contributed by atoms with Crippen LogP contribution in [0.1, 0.15) is 19.3 Å². The van der Waals surface area contributed by atoms with Crippen molar-refractivity contribution < 1.29 is 9.53 Å². The lowest BCUT2D eigenvalue weighted by Gasteiger charge is -2.08. The maximum atomic E-state index is 11.8. The summed E-state index contributed by atoms with van der Waals surface area (Å²) >= 11 is 0. The minimum absolute atomic E-state index is 0. The zero-order valence-corrected chi connectivity index (χ0v) is 11.9. The number of aryl methyl sites for hydroxylation is 1. The van der Waals surface area contributed by atoms with Crippen LogP contribution in [0.3, 0.4) is 0 Å². The Morgan fingerprint density at radius 1 is 1.68 bits per heavy atom. The van der Waals surface area contributed by atoms with Gasteiger partial charge < -0.3 is 15.4 Å². The second-order valence-electron chi connectivity index (χ2n) is 4.45. The fraction of sp³-hybridized carbons (Fsp3) is 0.667. The molecular formula is C12H21ClN4O2. The number of hydrogen-bond donors (Lipinski definition) is 2. The van der Waals surface area contributed by atoms with Gasteiger partial charge in [0.2, 0.25) is 5.91 Å². The van der Waals surface area contributed by atoms with Gasteiger partial charge in [0.15, 0.2) is 5.82 Å².